The molecule has 0 saturated heterocycles. The lowest BCUT2D eigenvalue weighted by Crippen LogP contribution is -2.49. The van der Waals surface area contributed by atoms with Crippen molar-refractivity contribution in [2.45, 2.75) is 68.6 Å². The van der Waals surface area contributed by atoms with Gasteiger partial charge in [-0.15, -0.1) is 0 Å². The van der Waals surface area contributed by atoms with Crippen molar-refractivity contribution in [3.63, 3.8) is 0 Å². The lowest BCUT2D eigenvalue weighted by atomic mass is 9.68. The van der Waals surface area contributed by atoms with Crippen LogP contribution in [0.3, 0.4) is 0 Å². The summed E-state index contributed by atoms with van der Waals surface area (Å²) < 4.78 is 22.1. The number of aliphatic hydroxyl groups excluding tert-OH is 1. The van der Waals surface area contributed by atoms with Gasteiger partial charge >= 0.3 is 0 Å². The molecule has 39 heavy (non-hydrogen) atoms. The number of nitrogens with zero attached hydrogens (tertiary/aromatic N) is 1. The van der Waals surface area contributed by atoms with Gasteiger partial charge in [0.2, 0.25) is 0 Å². The molecule has 1 unspecified atom stereocenters. The van der Waals surface area contributed by atoms with Gasteiger partial charge in [0.05, 0.1) is 29.8 Å². The summed E-state index contributed by atoms with van der Waals surface area (Å²) in [7, 11) is 0. The minimum Gasteiger partial charge on any atom is -0.593 e. The molecule has 8 heteroatoms. The number of aliphatic hydroxyl groups is 1. The predicted molar refractivity (Wildman–Crippen MR) is 156 cm³/mol. The van der Waals surface area contributed by atoms with Crippen LogP contribution in [0.5, 0.6) is 5.75 Å². The third-order valence-corrected chi connectivity index (χ3v) is 10.8. The number of nitrogens with one attached hydrogen (secondary N) is 1. The standard InChI is InChI=1S/C31H37ClN2O4S/c1-20-5-2-3-7-28(35)25-11-8-23(25)17-34-18-31(14-4-6-21-15-24(32)10-12-26(21)31)19-38-29-13-9-22(16-27(29)34)30(36)33-39(20)37/h2-3,9-10,12-13,15-16,20,23,25,28,35H,4-8,11,14,17-19H2,1H3,(H,33,36)/b3-2+/t20-,23-,25+,28+,31-,39?/m0/s1. The van der Waals surface area contributed by atoms with Crippen LogP contribution in [0.4, 0.5) is 5.69 Å². The SMILES string of the molecule is C[C@H]1C/C=C/C[C@@H](O)[C@@H]2CC[C@H]2CN2C[C@@]3(CCCc4cc(Cl)ccc43)COc3ccc(cc32)C(=O)N[S+]1[O-]. The number of fused-ring (bicyclic) bond motifs is 4. The number of aryl methyl sites for hydroxylation is 1. The zero-order valence-corrected chi connectivity index (χ0v) is 24.0. The number of rotatable bonds is 0. The summed E-state index contributed by atoms with van der Waals surface area (Å²) >= 11 is 4.86. The molecule has 2 aliphatic heterocycles. The van der Waals surface area contributed by atoms with Crippen molar-refractivity contribution in [2.24, 2.45) is 11.8 Å². The largest absolute Gasteiger partial charge is 0.593 e. The van der Waals surface area contributed by atoms with Crippen molar-refractivity contribution in [3.05, 3.63) is 70.3 Å². The van der Waals surface area contributed by atoms with Crippen LogP contribution in [-0.2, 0) is 23.2 Å². The van der Waals surface area contributed by atoms with Crippen LogP contribution in [0, 0.1) is 11.8 Å². The Bertz CT molecular complexity index is 1270. The van der Waals surface area contributed by atoms with E-state index in [2.05, 4.69) is 21.8 Å². The number of benzene rings is 2. The Morgan fingerprint density at radius 2 is 2.03 bits per heavy atom. The maximum absolute atomic E-state index is 13.2. The molecule has 2 aliphatic carbocycles. The Balaban J connectivity index is 1.40. The zero-order valence-electron chi connectivity index (χ0n) is 22.4. The molecule has 208 valence electrons. The maximum Gasteiger partial charge on any atom is 0.292 e. The summed E-state index contributed by atoms with van der Waals surface area (Å²) in [5.41, 5.74) is 3.76. The molecule has 1 saturated carbocycles. The van der Waals surface area contributed by atoms with E-state index in [1.165, 1.54) is 11.1 Å². The normalized spacial score (nSPS) is 33.6. The first-order valence-electron chi connectivity index (χ1n) is 14.2. The number of allylic oxidation sites excluding steroid dienone is 1. The summed E-state index contributed by atoms with van der Waals surface area (Å²) in [4.78, 5) is 15.6. The average Bonchev–Trinajstić information content (AvgIpc) is 3.05. The van der Waals surface area contributed by atoms with Gasteiger partial charge in [-0.1, -0.05) is 29.8 Å². The molecule has 2 N–H and O–H groups in total. The third kappa shape index (κ3) is 5.31. The number of carbonyl (C=O) groups is 1. The highest BCUT2D eigenvalue weighted by Crippen LogP contribution is 2.46. The molecule has 2 aromatic rings. The summed E-state index contributed by atoms with van der Waals surface area (Å²) in [6.45, 7) is 3.98. The van der Waals surface area contributed by atoms with E-state index >= 15 is 0 Å². The van der Waals surface area contributed by atoms with Crippen molar-refractivity contribution in [2.75, 3.05) is 24.6 Å². The molecule has 1 amide bonds. The fourth-order valence-electron chi connectivity index (χ4n) is 6.90. The average molecular weight is 569 g/mol. The van der Waals surface area contributed by atoms with Gasteiger partial charge in [0.25, 0.3) is 5.91 Å². The summed E-state index contributed by atoms with van der Waals surface area (Å²) in [5.74, 6) is 1.02. The Kier molecular flexibility index (Phi) is 7.62. The quantitative estimate of drug-likeness (QED) is 0.331. The van der Waals surface area contributed by atoms with Gasteiger partial charge in [-0.2, -0.15) is 4.72 Å². The van der Waals surface area contributed by atoms with E-state index < -0.39 is 17.5 Å². The van der Waals surface area contributed by atoms with E-state index in [4.69, 9.17) is 16.3 Å². The topological polar surface area (TPSA) is 84.9 Å². The van der Waals surface area contributed by atoms with E-state index in [1.807, 2.05) is 37.3 Å². The lowest BCUT2D eigenvalue weighted by molar-refractivity contribution is 0.0177. The highest BCUT2D eigenvalue weighted by Gasteiger charge is 2.44. The van der Waals surface area contributed by atoms with Crippen LogP contribution < -0.4 is 14.4 Å². The Morgan fingerprint density at radius 3 is 2.85 bits per heavy atom. The van der Waals surface area contributed by atoms with Crippen LogP contribution >= 0.6 is 11.6 Å². The van der Waals surface area contributed by atoms with Crippen molar-refractivity contribution >= 4 is 34.6 Å². The molecule has 2 aromatic carbocycles. The lowest BCUT2D eigenvalue weighted by Gasteiger charge is -2.45. The van der Waals surface area contributed by atoms with E-state index in [-0.39, 0.29) is 22.5 Å². The molecule has 4 aliphatic rings. The van der Waals surface area contributed by atoms with E-state index in [0.29, 0.717) is 30.9 Å². The fraction of sp³-hybridized carbons (Fsp3) is 0.516. The van der Waals surface area contributed by atoms with Crippen LogP contribution in [-0.4, -0.2) is 46.6 Å². The molecule has 0 radical (unpaired) electrons. The molecule has 2 bridgehead atoms. The smallest absolute Gasteiger partial charge is 0.292 e. The number of carbonyl (C=O) groups excluding carboxylic acids is 1. The molecule has 0 aromatic heterocycles. The van der Waals surface area contributed by atoms with Crippen molar-refractivity contribution in [1.29, 1.82) is 0 Å². The minimum absolute atomic E-state index is 0.196. The van der Waals surface area contributed by atoms with E-state index in [9.17, 15) is 14.5 Å². The van der Waals surface area contributed by atoms with Crippen LogP contribution in [0.1, 0.15) is 66.9 Å². The van der Waals surface area contributed by atoms with Crippen LogP contribution in [0.25, 0.3) is 0 Å². The number of anilines is 1. The number of amides is 1. The maximum atomic E-state index is 13.2. The second-order valence-corrected chi connectivity index (χ2v) is 13.9. The predicted octanol–water partition coefficient (Wildman–Crippen LogP) is 5.33. The Labute approximate surface area is 239 Å². The van der Waals surface area contributed by atoms with Gasteiger partial charge in [-0.3, -0.25) is 4.79 Å². The molecular weight excluding hydrogens is 532 g/mol. The molecule has 6 rings (SSSR count). The van der Waals surface area contributed by atoms with Crippen molar-refractivity contribution in [1.82, 2.24) is 4.72 Å². The second-order valence-electron chi connectivity index (χ2n) is 11.8. The molecule has 6 nitrogen and oxygen atoms in total. The summed E-state index contributed by atoms with van der Waals surface area (Å²) in [5, 5.41) is 11.6. The zero-order chi connectivity index (χ0) is 27.1. The number of hydrogen-bond donors (Lipinski definition) is 2. The minimum atomic E-state index is -1.52. The first kappa shape index (κ1) is 27.0. The first-order valence-corrected chi connectivity index (χ1v) is 15.8. The Hall–Kier alpha value is -2.19. The monoisotopic (exact) mass is 568 g/mol. The van der Waals surface area contributed by atoms with Gasteiger partial charge in [0, 0.05) is 35.5 Å². The molecule has 1 fully saturated rings. The number of hydrogen-bond acceptors (Lipinski definition) is 5. The van der Waals surface area contributed by atoms with Gasteiger partial charge in [0.1, 0.15) is 11.0 Å². The molecule has 2 heterocycles. The first-order chi connectivity index (χ1) is 18.8. The van der Waals surface area contributed by atoms with Crippen LogP contribution in [0.15, 0.2) is 48.6 Å². The van der Waals surface area contributed by atoms with Gasteiger partial charge in [-0.25, -0.2) is 0 Å². The molecule has 1 spiro atoms. The van der Waals surface area contributed by atoms with Crippen LogP contribution in [0.2, 0.25) is 5.02 Å². The van der Waals surface area contributed by atoms with E-state index in [0.717, 1.165) is 61.7 Å². The Morgan fingerprint density at radius 1 is 1.18 bits per heavy atom. The number of ether oxygens (including phenoxy) is 1. The highest BCUT2D eigenvalue weighted by atomic mass is 35.5. The van der Waals surface area contributed by atoms with Gasteiger partial charge in [-0.05, 0) is 98.7 Å². The van der Waals surface area contributed by atoms with Crippen molar-refractivity contribution < 1.29 is 19.2 Å². The van der Waals surface area contributed by atoms with Gasteiger partial charge < -0.3 is 19.3 Å². The fourth-order valence-corrected chi connectivity index (χ4v) is 7.89. The van der Waals surface area contributed by atoms with Crippen molar-refractivity contribution in [3.8, 4) is 5.75 Å². The van der Waals surface area contributed by atoms with E-state index in [1.54, 1.807) is 6.07 Å². The number of halogens is 1. The molecule has 6 atom stereocenters. The third-order valence-electron chi connectivity index (χ3n) is 9.30. The van der Waals surface area contributed by atoms with Gasteiger partial charge in [0.15, 0.2) is 0 Å². The summed E-state index contributed by atoms with van der Waals surface area (Å²) in [6.07, 6.45) is 9.94. The highest BCUT2D eigenvalue weighted by molar-refractivity contribution is 7.90. The molecular formula is C31H37ClN2O4S. The summed E-state index contributed by atoms with van der Waals surface area (Å²) in [6, 6.07) is 11.8. The second kappa shape index (κ2) is 11.0.